The molecule has 0 unspecified atom stereocenters. The number of likely N-dealkylation sites (tertiary alicyclic amines) is 1. The van der Waals surface area contributed by atoms with Crippen molar-refractivity contribution in [3.8, 4) is 5.88 Å². The highest BCUT2D eigenvalue weighted by Gasteiger charge is 2.27. The Morgan fingerprint density at radius 2 is 1.72 bits per heavy atom. The van der Waals surface area contributed by atoms with Gasteiger partial charge in [0.1, 0.15) is 17.0 Å². The number of aromatic nitrogens is 1. The van der Waals surface area contributed by atoms with Crippen molar-refractivity contribution in [3.63, 3.8) is 0 Å². The van der Waals surface area contributed by atoms with E-state index in [1.807, 2.05) is 48.8 Å². The monoisotopic (exact) mass is 395 g/mol. The molecule has 3 heterocycles. The fourth-order valence-electron chi connectivity index (χ4n) is 3.47. The van der Waals surface area contributed by atoms with Crippen molar-refractivity contribution in [2.24, 2.45) is 0 Å². The Hall–Kier alpha value is -3.09. The second kappa shape index (κ2) is 7.39. The van der Waals surface area contributed by atoms with E-state index in [-0.39, 0.29) is 11.9 Å². The van der Waals surface area contributed by atoms with Crippen LogP contribution >= 0.6 is 0 Å². The summed E-state index contributed by atoms with van der Waals surface area (Å²) < 4.78 is 11.1. The molecule has 1 saturated heterocycles. The third-order valence-corrected chi connectivity index (χ3v) is 4.89. The van der Waals surface area contributed by atoms with Crippen molar-refractivity contribution in [2.45, 2.75) is 39.2 Å². The number of anilines is 2. The Morgan fingerprint density at radius 3 is 2.38 bits per heavy atom. The zero-order chi connectivity index (χ0) is 20.6. The molecule has 1 aromatic heterocycles. The van der Waals surface area contributed by atoms with Crippen molar-refractivity contribution in [1.29, 1.82) is 0 Å². The Bertz CT molecular complexity index is 928. The van der Waals surface area contributed by atoms with E-state index in [1.54, 1.807) is 18.2 Å². The Balaban J connectivity index is 1.50. The third kappa shape index (κ3) is 4.04. The Kier molecular flexibility index (Phi) is 4.90. The lowest BCUT2D eigenvalue weighted by Gasteiger charge is -2.20. The molecule has 7 heteroatoms. The van der Waals surface area contributed by atoms with E-state index >= 15 is 0 Å². The Morgan fingerprint density at radius 1 is 1.03 bits per heavy atom. The maximum atomic E-state index is 12.5. The largest absolute Gasteiger partial charge is 0.456 e. The number of carbonyl (C=O) groups is 2. The zero-order valence-corrected chi connectivity index (χ0v) is 17.0. The number of fused-ring (bicyclic) bond motifs is 1. The molecule has 0 atom stereocenters. The first-order chi connectivity index (χ1) is 13.8. The van der Waals surface area contributed by atoms with E-state index in [2.05, 4.69) is 4.98 Å². The SMILES string of the molecule is CC(C)(C)OC(=O)c1ccc(N2COc3nc(C(=O)N4CCCC4)ccc32)cc1. The average Bonchev–Trinajstić information content (AvgIpc) is 3.35. The quantitative estimate of drug-likeness (QED) is 0.737. The molecule has 1 fully saturated rings. The third-order valence-electron chi connectivity index (χ3n) is 4.89. The molecule has 4 rings (SSSR count). The number of rotatable bonds is 3. The first kappa shape index (κ1) is 19.2. The van der Waals surface area contributed by atoms with Crippen LogP contribution in [0.15, 0.2) is 36.4 Å². The molecule has 0 N–H and O–H groups in total. The van der Waals surface area contributed by atoms with Crippen LogP contribution in [-0.4, -0.2) is 47.2 Å². The summed E-state index contributed by atoms with van der Waals surface area (Å²) in [5.74, 6) is 0.0502. The lowest BCUT2D eigenvalue weighted by Crippen LogP contribution is -2.28. The molecule has 0 saturated carbocycles. The zero-order valence-electron chi connectivity index (χ0n) is 17.0. The number of nitrogens with zero attached hydrogens (tertiary/aromatic N) is 3. The molecule has 1 aromatic carbocycles. The van der Waals surface area contributed by atoms with Gasteiger partial charge in [-0.1, -0.05) is 0 Å². The topological polar surface area (TPSA) is 72.0 Å². The molecule has 0 spiro atoms. The summed E-state index contributed by atoms with van der Waals surface area (Å²) in [5.41, 5.74) is 2.04. The molecule has 29 heavy (non-hydrogen) atoms. The summed E-state index contributed by atoms with van der Waals surface area (Å²) in [5, 5.41) is 0. The summed E-state index contributed by atoms with van der Waals surface area (Å²) in [6.07, 6.45) is 2.08. The standard InChI is InChI=1S/C22H25N3O4/c1-22(2,3)29-21(27)15-6-8-16(9-7-15)25-14-28-19-18(25)11-10-17(23-19)20(26)24-12-4-5-13-24/h6-11H,4-5,12-14H2,1-3H3. The molecule has 7 nitrogen and oxygen atoms in total. The molecular formula is C22H25N3O4. The van der Waals surface area contributed by atoms with Gasteiger partial charge in [0.2, 0.25) is 5.88 Å². The van der Waals surface area contributed by atoms with E-state index in [0.717, 1.165) is 37.3 Å². The van der Waals surface area contributed by atoms with Gasteiger partial charge in [0, 0.05) is 18.8 Å². The molecule has 0 bridgehead atoms. The van der Waals surface area contributed by atoms with Gasteiger partial charge in [-0.05, 0) is 70.0 Å². The number of hydrogen-bond donors (Lipinski definition) is 0. The molecule has 0 aliphatic carbocycles. The molecule has 152 valence electrons. The van der Waals surface area contributed by atoms with E-state index < -0.39 is 5.60 Å². The molecule has 1 amide bonds. The van der Waals surface area contributed by atoms with Gasteiger partial charge in [-0.2, -0.15) is 0 Å². The molecule has 0 radical (unpaired) electrons. The minimum absolute atomic E-state index is 0.0472. The summed E-state index contributed by atoms with van der Waals surface area (Å²) in [7, 11) is 0. The van der Waals surface area contributed by atoms with Crippen molar-refractivity contribution in [1.82, 2.24) is 9.88 Å². The fourth-order valence-corrected chi connectivity index (χ4v) is 3.47. The maximum absolute atomic E-state index is 12.5. The van der Waals surface area contributed by atoms with Gasteiger partial charge in [-0.15, -0.1) is 0 Å². The van der Waals surface area contributed by atoms with Gasteiger partial charge in [0.05, 0.1) is 5.56 Å². The number of benzene rings is 1. The van der Waals surface area contributed by atoms with Crippen LogP contribution in [0.1, 0.15) is 54.5 Å². The molecule has 2 aromatic rings. The number of esters is 1. The van der Waals surface area contributed by atoms with Crippen molar-refractivity contribution >= 4 is 23.3 Å². The summed E-state index contributed by atoms with van der Waals surface area (Å²) in [4.78, 5) is 33.0. The highest BCUT2D eigenvalue weighted by molar-refractivity contribution is 5.93. The molecular weight excluding hydrogens is 370 g/mol. The van der Waals surface area contributed by atoms with Crippen LogP contribution < -0.4 is 9.64 Å². The highest BCUT2D eigenvalue weighted by atomic mass is 16.6. The van der Waals surface area contributed by atoms with Crippen LogP contribution in [-0.2, 0) is 4.74 Å². The minimum Gasteiger partial charge on any atom is -0.456 e. The minimum atomic E-state index is -0.534. The summed E-state index contributed by atoms with van der Waals surface area (Å²) >= 11 is 0. The van der Waals surface area contributed by atoms with Gasteiger partial charge in [0.25, 0.3) is 5.91 Å². The van der Waals surface area contributed by atoms with Gasteiger partial charge in [-0.25, -0.2) is 9.78 Å². The fraction of sp³-hybridized carbons (Fsp3) is 0.409. The first-order valence-electron chi connectivity index (χ1n) is 9.86. The lowest BCUT2D eigenvalue weighted by molar-refractivity contribution is 0.00694. The van der Waals surface area contributed by atoms with Crippen molar-refractivity contribution in [2.75, 3.05) is 24.7 Å². The molecule has 2 aliphatic heterocycles. The van der Waals surface area contributed by atoms with Gasteiger partial charge < -0.3 is 19.3 Å². The highest BCUT2D eigenvalue weighted by Crippen LogP contribution is 2.37. The first-order valence-corrected chi connectivity index (χ1v) is 9.86. The van der Waals surface area contributed by atoms with Crippen LogP contribution in [0.25, 0.3) is 0 Å². The number of carbonyl (C=O) groups excluding carboxylic acids is 2. The van der Waals surface area contributed by atoms with Gasteiger partial charge >= 0.3 is 5.97 Å². The second-order valence-corrected chi connectivity index (χ2v) is 8.27. The van der Waals surface area contributed by atoms with Crippen LogP contribution in [0.4, 0.5) is 11.4 Å². The van der Waals surface area contributed by atoms with Crippen LogP contribution in [0.2, 0.25) is 0 Å². The van der Waals surface area contributed by atoms with Crippen molar-refractivity contribution < 1.29 is 19.1 Å². The average molecular weight is 395 g/mol. The summed E-state index contributed by atoms with van der Waals surface area (Å²) in [6, 6.07) is 10.8. The maximum Gasteiger partial charge on any atom is 0.338 e. The van der Waals surface area contributed by atoms with Crippen molar-refractivity contribution in [3.05, 3.63) is 47.7 Å². The van der Waals surface area contributed by atoms with E-state index in [1.165, 1.54) is 0 Å². The normalized spacial score (nSPS) is 15.8. The second-order valence-electron chi connectivity index (χ2n) is 8.27. The lowest BCUT2D eigenvalue weighted by atomic mass is 10.1. The van der Waals surface area contributed by atoms with Gasteiger partial charge in [0.15, 0.2) is 6.73 Å². The molecule has 2 aliphatic rings. The van der Waals surface area contributed by atoms with Crippen LogP contribution in [0, 0.1) is 0 Å². The van der Waals surface area contributed by atoms with E-state index in [9.17, 15) is 9.59 Å². The van der Waals surface area contributed by atoms with E-state index in [0.29, 0.717) is 23.9 Å². The number of ether oxygens (including phenoxy) is 2. The van der Waals surface area contributed by atoms with Gasteiger partial charge in [-0.3, -0.25) is 4.79 Å². The number of amides is 1. The van der Waals surface area contributed by atoms with Crippen LogP contribution in [0.3, 0.4) is 0 Å². The predicted octanol–water partition coefficient (Wildman–Crippen LogP) is 3.76. The smallest absolute Gasteiger partial charge is 0.338 e. The Labute approximate surface area is 170 Å². The summed E-state index contributed by atoms with van der Waals surface area (Å²) in [6.45, 7) is 7.40. The predicted molar refractivity (Wildman–Crippen MR) is 109 cm³/mol. The number of hydrogen-bond acceptors (Lipinski definition) is 6. The number of pyridine rings is 1. The van der Waals surface area contributed by atoms with Crippen LogP contribution in [0.5, 0.6) is 5.88 Å². The van der Waals surface area contributed by atoms with E-state index in [4.69, 9.17) is 9.47 Å².